The van der Waals surface area contributed by atoms with Gasteiger partial charge < -0.3 is 9.64 Å². The summed E-state index contributed by atoms with van der Waals surface area (Å²) in [6.45, 7) is 8.07. The first-order chi connectivity index (χ1) is 7.17. The summed E-state index contributed by atoms with van der Waals surface area (Å²) in [4.78, 5) is 13.6. The molecule has 3 heteroatoms. The van der Waals surface area contributed by atoms with Crippen molar-refractivity contribution in [2.75, 3.05) is 13.1 Å². The minimum Gasteiger partial charge on any atom is -0.446 e. The maximum Gasteiger partial charge on any atom is 0.410 e. The Hall–Kier alpha value is -0.730. The van der Waals surface area contributed by atoms with Crippen molar-refractivity contribution >= 4 is 6.09 Å². The Morgan fingerprint density at radius 3 is 2.33 bits per heavy atom. The topological polar surface area (TPSA) is 29.5 Å². The third kappa shape index (κ3) is 3.73. The summed E-state index contributed by atoms with van der Waals surface area (Å²) in [5, 5.41) is 0. The van der Waals surface area contributed by atoms with E-state index in [-0.39, 0.29) is 12.2 Å². The van der Waals surface area contributed by atoms with Crippen molar-refractivity contribution in [3.8, 4) is 0 Å². The van der Waals surface area contributed by atoms with E-state index in [0.29, 0.717) is 0 Å². The van der Waals surface area contributed by atoms with E-state index in [1.54, 1.807) is 0 Å². The Balaban J connectivity index is 2.33. The van der Waals surface area contributed by atoms with Gasteiger partial charge in [0.1, 0.15) is 6.10 Å². The molecule has 88 valence electrons. The van der Waals surface area contributed by atoms with E-state index in [9.17, 15) is 4.79 Å². The average Bonchev–Trinajstić information content (AvgIpc) is 2.26. The molecular weight excluding hydrogens is 190 g/mol. The number of piperidine rings is 1. The van der Waals surface area contributed by atoms with Crippen LogP contribution in [0.1, 0.15) is 46.5 Å². The van der Waals surface area contributed by atoms with Gasteiger partial charge in [0.05, 0.1) is 0 Å². The number of rotatable bonds is 3. The molecule has 1 amide bonds. The van der Waals surface area contributed by atoms with E-state index >= 15 is 0 Å². The van der Waals surface area contributed by atoms with Crippen LogP contribution in [-0.4, -0.2) is 30.2 Å². The number of carbonyl (C=O) groups is 1. The minimum atomic E-state index is -0.115. The maximum absolute atomic E-state index is 11.7. The molecule has 1 aliphatic heterocycles. The Bertz CT molecular complexity index is 194. The van der Waals surface area contributed by atoms with Gasteiger partial charge in [-0.25, -0.2) is 4.79 Å². The van der Waals surface area contributed by atoms with E-state index in [1.807, 2.05) is 4.90 Å². The molecule has 0 aromatic carbocycles. The van der Waals surface area contributed by atoms with E-state index < -0.39 is 0 Å². The molecule has 0 aromatic rings. The zero-order chi connectivity index (χ0) is 11.3. The fourth-order valence-corrected chi connectivity index (χ4v) is 1.86. The van der Waals surface area contributed by atoms with E-state index in [2.05, 4.69) is 20.8 Å². The lowest BCUT2D eigenvalue weighted by Crippen LogP contribution is -2.39. The van der Waals surface area contributed by atoms with Crippen molar-refractivity contribution in [3.63, 3.8) is 0 Å². The maximum atomic E-state index is 11.7. The van der Waals surface area contributed by atoms with Crippen molar-refractivity contribution in [1.82, 2.24) is 4.90 Å². The normalized spacial score (nSPS) is 18.3. The van der Waals surface area contributed by atoms with Gasteiger partial charge in [0.2, 0.25) is 0 Å². The van der Waals surface area contributed by atoms with Crippen LogP contribution in [0.4, 0.5) is 4.79 Å². The number of hydrogen-bond donors (Lipinski definition) is 0. The van der Waals surface area contributed by atoms with Crippen molar-refractivity contribution in [2.24, 2.45) is 5.92 Å². The number of nitrogens with zero attached hydrogens (tertiary/aromatic N) is 1. The van der Waals surface area contributed by atoms with Gasteiger partial charge in [-0.1, -0.05) is 20.8 Å². The third-order valence-electron chi connectivity index (χ3n) is 3.22. The lowest BCUT2D eigenvalue weighted by atomic mass is 10.00. The fourth-order valence-electron chi connectivity index (χ4n) is 1.86. The number of ether oxygens (including phenoxy) is 1. The van der Waals surface area contributed by atoms with Gasteiger partial charge in [0.25, 0.3) is 0 Å². The van der Waals surface area contributed by atoms with Crippen LogP contribution in [0.15, 0.2) is 0 Å². The SMILES string of the molecule is CCC(CC)OC(=O)N1CCC(C)CC1. The summed E-state index contributed by atoms with van der Waals surface area (Å²) >= 11 is 0. The number of carbonyl (C=O) groups excluding carboxylic acids is 1. The Kier molecular flexibility index (Phi) is 4.92. The molecule has 0 radical (unpaired) electrons. The summed E-state index contributed by atoms with van der Waals surface area (Å²) in [6, 6.07) is 0. The largest absolute Gasteiger partial charge is 0.446 e. The number of hydrogen-bond acceptors (Lipinski definition) is 2. The van der Waals surface area contributed by atoms with E-state index in [1.165, 1.54) is 0 Å². The van der Waals surface area contributed by atoms with Crippen molar-refractivity contribution in [3.05, 3.63) is 0 Å². The standard InChI is InChI=1S/C12H23NO2/c1-4-11(5-2)15-12(14)13-8-6-10(3)7-9-13/h10-11H,4-9H2,1-3H3. The van der Waals surface area contributed by atoms with Gasteiger partial charge >= 0.3 is 6.09 Å². The van der Waals surface area contributed by atoms with Gasteiger partial charge in [0, 0.05) is 13.1 Å². The van der Waals surface area contributed by atoms with Gasteiger partial charge in [-0.3, -0.25) is 0 Å². The van der Waals surface area contributed by atoms with Crippen LogP contribution >= 0.6 is 0 Å². The zero-order valence-corrected chi connectivity index (χ0v) is 10.2. The Labute approximate surface area is 92.8 Å². The first kappa shape index (κ1) is 12.3. The molecule has 3 nitrogen and oxygen atoms in total. The predicted molar refractivity (Wildman–Crippen MR) is 60.8 cm³/mol. The summed E-state index contributed by atoms with van der Waals surface area (Å²) < 4.78 is 5.41. The molecule has 0 bridgehead atoms. The van der Waals surface area contributed by atoms with Crippen LogP contribution in [0.2, 0.25) is 0 Å². The molecule has 0 saturated carbocycles. The van der Waals surface area contributed by atoms with Gasteiger partial charge in [-0.05, 0) is 31.6 Å². The minimum absolute atomic E-state index is 0.0943. The molecule has 0 aromatic heterocycles. The summed E-state index contributed by atoms with van der Waals surface area (Å²) in [6.07, 6.45) is 4.02. The molecule has 0 spiro atoms. The summed E-state index contributed by atoms with van der Waals surface area (Å²) in [5.74, 6) is 0.752. The molecule has 1 aliphatic rings. The predicted octanol–water partition coefficient (Wildman–Crippen LogP) is 3.04. The highest BCUT2D eigenvalue weighted by Gasteiger charge is 2.22. The number of amides is 1. The van der Waals surface area contributed by atoms with Gasteiger partial charge in [-0.15, -0.1) is 0 Å². The summed E-state index contributed by atoms with van der Waals surface area (Å²) in [7, 11) is 0. The molecule has 1 saturated heterocycles. The highest BCUT2D eigenvalue weighted by molar-refractivity contribution is 5.67. The molecule has 1 heterocycles. The van der Waals surface area contributed by atoms with Crippen LogP contribution in [0.25, 0.3) is 0 Å². The zero-order valence-electron chi connectivity index (χ0n) is 10.2. The van der Waals surface area contributed by atoms with E-state index in [4.69, 9.17) is 4.74 Å². The van der Waals surface area contributed by atoms with Crippen LogP contribution < -0.4 is 0 Å². The molecule has 0 atom stereocenters. The van der Waals surface area contributed by atoms with Crippen molar-refractivity contribution in [1.29, 1.82) is 0 Å². The van der Waals surface area contributed by atoms with Crippen LogP contribution in [0.5, 0.6) is 0 Å². The van der Waals surface area contributed by atoms with Crippen molar-refractivity contribution in [2.45, 2.75) is 52.6 Å². The molecule has 0 aliphatic carbocycles. The number of likely N-dealkylation sites (tertiary alicyclic amines) is 1. The smallest absolute Gasteiger partial charge is 0.410 e. The molecule has 0 unspecified atom stereocenters. The highest BCUT2D eigenvalue weighted by Crippen LogP contribution is 2.17. The summed E-state index contributed by atoms with van der Waals surface area (Å²) in [5.41, 5.74) is 0. The lowest BCUT2D eigenvalue weighted by molar-refractivity contribution is 0.0507. The molecular formula is C12H23NO2. The third-order valence-corrected chi connectivity index (χ3v) is 3.22. The monoisotopic (exact) mass is 213 g/mol. The van der Waals surface area contributed by atoms with Gasteiger partial charge in [-0.2, -0.15) is 0 Å². The average molecular weight is 213 g/mol. The van der Waals surface area contributed by atoms with Gasteiger partial charge in [0.15, 0.2) is 0 Å². The second-order valence-corrected chi connectivity index (χ2v) is 4.49. The highest BCUT2D eigenvalue weighted by atomic mass is 16.6. The molecule has 0 N–H and O–H groups in total. The Morgan fingerprint density at radius 2 is 1.87 bits per heavy atom. The van der Waals surface area contributed by atoms with Crippen LogP contribution in [-0.2, 0) is 4.74 Å². The second-order valence-electron chi connectivity index (χ2n) is 4.49. The first-order valence-electron chi connectivity index (χ1n) is 6.12. The van der Waals surface area contributed by atoms with Crippen LogP contribution in [0, 0.1) is 5.92 Å². The Morgan fingerprint density at radius 1 is 1.33 bits per heavy atom. The fraction of sp³-hybridized carbons (Fsp3) is 0.917. The first-order valence-corrected chi connectivity index (χ1v) is 6.12. The molecule has 1 rings (SSSR count). The molecule has 15 heavy (non-hydrogen) atoms. The lowest BCUT2D eigenvalue weighted by Gasteiger charge is -2.30. The van der Waals surface area contributed by atoms with E-state index in [0.717, 1.165) is 44.7 Å². The quantitative estimate of drug-likeness (QED) is 0.721. The second kappa shape index (κ2) is 5.99. The molecule has 1 fully saturated rings. The van der Waals surface area contributed by atoms with Crippen molar-refractivity contribution < 1.29 is 9.53 Å². The van der Waals surface area contributed by atoms with Crippen LogP contribution in [0.3, 0.4) is 0 Å².